The van der Waals surface area contributed by atoms with Crippen LogP contribution >= 0.6 is 0 Å². The lowest BCUT2D eigenvalue weighted by molar-refractivity contribution is -0.384. The summed E-state index contributed by atoms with van der Waals surface area (Å²) >= 11 is 0. The Hall–Kier alpha value is -3.46. The normalized spacial score (nSPS) is 12.5. The van der Waals surface area contributed by atoms with Gasteiger partial charge in [0.15, 0.2) is 0 Å². The van der Waals surface area contributed by atoms with Crippen molar-refractivity contribution in [1.29, 1.82) is 0 Å². The zero-order valence-corrected chi connectivity index (χ0v) is 16.3. The van der Waals surface area contributed by atoms with Crippen LogP contribution in [0, 0.1) is 10.1 Å². The van der Waals surface area contributed by atoms with Crippen LogP contribution < -0.4 is 5.73 Å². The molecule has 0 aliphatic carbocycles. The van der Waals surface area contributed by atoms with E-state index in [-0.39, 0.29) is 33.5 Å². The average molecular weight is 452 g/mol. The number of hydrogen-bond donors (Lipinski definition) is 3. The van der Waals surface area contributed by atoms with Crippen molar-refractivity contribution >= 4 is 53.8 Å². The molecule has 3 rings (SSSR count). The Morgan fingerprint density at radius 2 is 1.50 bits per heavy atom. The van der Waals surface area contributed by atoms with E-state index in [4.69, 9.17) is 5.73 Å². The SMILES string of the molecule is Nc1ccc2c(S(=O)(=O)O)cc(S(=O)(=O)O)cc2c1/N=N/c1ccc([N+](=O)[O-])cc1. The van der Waals surface area contributed by atoms with Gasteiger partial charge in [-0.2, -0.15) is 21.9 Å². The first-order chi connectivity index (χ1) is 13.9. The maximum atomic E-state index is 11.7. The van der Waals surface area contributed by atoms with Gasteiger partial charge in [-0.15, -0.1) is 5.11 Å². The van der Waals surface area contributed by atoms with Crippen LogP contribution in [-0.4, -0.2) is 30.9 Å². The Morgan fingerprint density at radius 3 is 2.03 bits per heavy atom. The highest BCUT2D eigenvalue weighted by Crippen LogP contribution is 2.38. The van der Waals surface area contributed by atoms with Crippen LogP contribution in [0.3, 0.4) is 0 Å². The van der Waals surface area contributed by atoms with E-state index in [1.165, 1.54) is 36.4 Å². The minimum Gasteiger partial charge on any atom is -0.397 e. The second kappa shape index (κ2) is 7.42. The Bertz CT molecular complexity index is 1420. The number of anilines is 1. The van der Waals surface area contributed by atoms with Crippen LogP contribution in [0.5, 0.6) is 0 Å². The molecule has 0 saturated heterocycles. The molecule has 0 unspecified atom stereocenters. The topological polar surface area (TPSA) is 203 Å². The molecule has 0 bridgehead atoms. The standard InChI is InChI=1S/C16H12N4O8S2/c17-14-6-5-12-13(7-11(29(23,24)25)8-15(12)30(26,27)28)16(14)19-18-9-1-3-10(4-2-9)20(21)22/h1-8H,17H2,(H,23,24,25)(H,26,27,28)/b19-18+. The summed E-state index contributed by atoms with van der Waals surface area (Å²) in [6, 6.07) is 9.01. The average Bonchev–Trinajstić information content (AvgIpc) is 2.65. The van der Waals surface area contributed by atoms with Crippen LogP contribution in [0.25, 0.3) is 10.8 Å². The third-order valence-electron chi connectivity index (χ3n) is 3.98. The summed E-state index contributed by atoms with van der Waals surface area (Å²) < 4.78 is 65.4. The quantitative estimate of drug-likeness (QED) is 0.171. The number of nitro groups is 1. The predicted molar refractivity (Wildman–Crippen MR) is 105 cm³/mol. The van der Waals surface area contributed by atoms with Crippen molar-refractivity contribution in [1.82, 2.24) is 0 Å². The lowest BCUT2D eigenvalue weighted by Crippen LogP contribution is -2.04. The molecule has 0 spiro atoms. The van der Waals surface area contributed by atoms with Crippen molar-refractivity contribution in [2.75, 3.05) is 5.73 Å². The van der Waals surface area contributed by atoms with Gasteiger partial charge in [-0.3, -0.25) is 19.2 Å². The first kappa shape index (κ1) is 21.3. The molecular formula is C16H12N4O8S2. The number of nitrogens with zero attached hydrogens (tertiary/aromatic N) is 3. The molecule has 0 fully saturated rings. The fraction of sp³-hybridized carbons (Fsp3) is 0. The van der Waals surface area contributed by atoms with Gasteiger partial charge in [-0.05, 0) is 30.3 Å². The molecule has 12 nitrogen and oxygen atoms in total. The van der Waals surface area contributed by atoms with Crippen molar-refractivity contribution in [2.24, 2.45) is 10.2 Å². The first-order valence-electron chi connectivity index (χ1n) is 7.85. The van der Waals surface area contributed by atoms with Crippen molar-refractivity contribution in [3.8, 4) is 0 Å². The second-order valence-electron chi connectivity index (χ2n) is 5.94. The van der Waals surface area contributed by atoms with E-state index in [0.29, 0.717) is 6.07 Å². The lowest BCUT2D eigenvalue weighted by atomic mass is 10.1. The van der Waals surface area contributed by atoms with E-state index in [2.05, 4.69) is 10.2 Å². The molecule has 156 valence electrons. The monoisotopic (exact) mass is 452 g/mol. The highest BCUT2D eigenvalue weighted by atomic mass is 32.2. The molecule has 0 aliphatic heterocycles. The highest BCUT2D eigenvalue weighted by Gasteiger charge is 2.22. The number of fused-ring (bicyclic) bond motifs is 1. The summed E-state index contributed by atoms with van der Waals surface area (Å²) in [4.78, 5) is 8.52. The van der Waals surface area contributed by atoms with Crippen LogP contribution in [0.1, 0.15) is 0 Å². The van der Waals surface area contributed by atoms with Crippen LogP contribution in [0.4, 0.5) is 22.7 Å². The zero-order valence-electron chi connectivity index (χ0n) is 14.7. The van der Waals surface area contributed by atoms with Gasteiger partial charge in [0, 0.05) is 22.9 Å². The molecule has 0 aromatic heterocycles. The summed E-state index contributed by atoms with van der Waals surface area (Å²) in [5.74, 6) is 0. The van der Waals surface area contributed by atoms with E-state index in [1.807, 2.05) is 0 Å². The number of nitrogens with two attached hydrogens (primary N) is 1. The number of hydrogen-bond acceptors (Lipinski definition) is 9. The van der Waals surface area contributed by atoms with Gasteiger partial charge < -0.3 is 5.73 Å². The Morgan fingerprint density at radius 1 is 0.867 bits per heavy atom. The summed E-state index contributed by atoms with van der Waals surface area (Å²) in [5.41, 5.74) is 5.74. The van der Waals surface area contributed by atoms with Crippen molar-refractivity contribution in [3.05, 3.63) is 58.6 Å². The van der Waals surface area contributed by atoms with E-state index >= 15 is 0 Å². The molecule has 3 aromatic rings. The molecular weight excluding hydrogens is 440 g/mol. The smallest absolute Gasteiger partial charge is 0.295 e. The fourth-order valence-corrected chi connectivity index (χ4v) is 3.94. The van der Waals surface area contributed by atoms with Crippen LogP contribution in [0.15, 0.2) is 68.6 Å². The molecule has 14 heteroatoms. The summed E-state index contributed by atoms with van der Waals surface area (Å²) in [7, 11) is -9.71. The van der Waals surface area contributed by atoms with E-state index < -0.39 is 35.0 Å². The third kappa shape index (κ3) is 4.25. The third-order valence-corrected chi connectivity index (χ3v) is 5.70. The molecule has 0 atom stereocenters. The number of azo groups is 1. The molecule has 4 N–H and O–H groups in total. The van der Waals surface area contributed by atoms with Gasteiger partial charge >= 0.3 is 0 Å². The molecule has 0 heterocycles. The molecule has 30 heavy (non-hydrogen) atoms. The van der Waals surface area contributed by atoms with Crippen LogP contribution in [-0.2, 0) is 20.2 Å². The minimum absolute atomic E-state index is 0.0121. The number of non-ortho nitro benzene ring substituents is 1. The Balaban J connectivity index is 2.26. The van der Waals surface area contributed by atoms with E-state index in [9.17, 15) is 36.1 Å². The predicted octanol–water partition coefficient (Wildman–Crippen LogP) is 3.24. The van der Waals surface area contributed by atoms with E-state index in [1.54, 1.807) is 0 Å². The number of benzene rings is 3. The van der Waals surface area contributed by atoms with Crippen molar-refractivity contribution in [3.63, 3.8) is 0 Å². The molecule has 0 amide bonds. The number of nitro benzene ring substituents is 1. The lowest BCUT2D eigenvalue weighted by Gasteiger charge is -2.10. The van der Waals surface area contributed by atoms with Gasteiger partial charge in [-0.1, -0.05) is 6.07 Å². The zero-order chi connectivity index (χ0) is 22.3. The molecule has 0 aliphatic rings. The summed E-state index contributed by atoms with van der Waals surface area (Å²) in [6.07, 6.45) is 0. The highest BCUT2D eigenvalue weighted by molar-refractivity contribution is 7.86. The fourth-order valence-electron chi connectivity index (χ4n) is 2.60. The molecule has 0 saturated carbocycles. The van der Waals surface area contributed by atoms with Gasteiger partial charge in [0.05, 0.1) is 21.2 Å². The Kier molecular flexibility index (Phi) is 5.25. The second-order valence-corrected chi connectivity index (χ2v) is 8.76. The largest absolute Gasteiger partial charge is 0.397 e. The summed E-state index contributed by atoms with van der Waals surface area (Å²) in [6.45, 7) is 0. The maximum Gasteiger partial charge on any atom is 0.295 e. The van der Waals surface area contributed by atoms with Gasteiger partial charge in [-0.25, -0.2) is 0 Å². The van der Waals surface area contributed by atoms with Gasteiger partial charge in [0.2, 0.25) is 0 Å². The van der Waals surface area contributed by atoms with Gasteiger partial charge in [0.1, 0.15) is 10.6 Å². The molecule has 0 radical (unpaired) electrons. The van der Waals surface area contributed by atoms with Gasteiger partial charge in [0.25, 0.3) is 25.9 Å². The Labute approximate surface area is 169 Å². The number of rotatable bonds is 5. The number of nitrogen functional groups attached to an aromatic ring is 1. The molecule has 3 aromatic carbocycles. The van der Waals surface area contributed by atoms with Crippen molar-refractivity contribution in [2.45, 2.75) is 9.79 Å². The first-order valence-corrected chi connectivity index (χ1v) is 10.7. The van der Waals surface area contributed by atoms with Crippen LogP contribution in [0.2, 0.25) is 0 Å². The van der Waals surface area contributed by atoms with Crippen molar-refractivity contribution < 1.29 is 30.9 Å². The van der Waals surface area contributed by atoms with E-state index in [0.717, 1.165) is 6.07 Å². The summed E-state index contributed by atoms with van der Waals surface area (Å²) in [5, 5.41) is 18.2. The maximum absolute atomic E-state index is 11.7. The minimum atomic E-state index is -4.87.